The Balaban J connectivity index is 1.81. The molecule has 6 nitrogen and oxygen atoms in total. The number of carbonyl (C=O) groups excluding carboxylic acids is 2. The van der Waals surface area contributed by atoms with Crippen LogP contribution in [0.25, 0.3) is 17.2 Å². The van der Waals surface area contributed by atoms with Gasteiger partial charge < -0.3 is 21.3 Å². The van der Waals surface area contributed by atoms with Crippen molar-refractivity contribution in [2.24, 2.45) is 0 Å². The van der Waals surface area contributed by atoms with E-state index in [9.17, 15) is 9.59 Å². The fourth-order valence-electron chi connectivity index (χ4n) is 3.22. The van der Waals surface area contributed by atoms with Gasteiger partial charge in [0.1, 0.15) is 0 Å². The van der Waals surface area contributed by atoms with Crippen LogP contribution in [-0.4, -0.2) is 47.8 Å². The van der Waals surface area contributed by atoms with Crippen molar-refractivity contribution in [2.75, 3.05) is 37.6 Å². The molecule has 0 radical (unpaired) electrons. The van der Waals surface area contributed by atoms with Gasteiger partial charge in [-0.05, 0) is 35.4 Å². The fraction of sp³-hybridized carbons (Fsp3) is 0.238. The first-order chi connectivity index (χ1) is 13.4. The molecule has 1 saturated heterocycles. The zero-order chi connectivity index (χ0) is 20.3. The van der Waals surface area contributed by atoms with Gasteiger partial charge in [0.15, 0.2) is 0 Å². The van der Waals surface area contributed by atoms with E-state index in [2.05, 4.69) is 0 Å². The number of nitrogens with two attached hydrogens (primary N) is 2. The van der Waals surface area contributed by atoms with Crippen LogP contribution in [0.3, 0.4) is 0 Å². The summed E-state index contributed by atoms with van der Waals surface area (Å²) >= 11 is 6.43. The van der Waals surface area contributed by atoms with Gasteiger partial charge >= 0.3 is 0 Å². The number of nitrogens with zero attached hydrogens (tertiary/aromatic N) is 2. The molecule has 0 saturated carbocycles. The predicted molar refractivity (Wildman–Crippen MR) is 114 cm³/mol. The highest BCUT2D eigenvalue weighted by atomic mass is 35.5. The van der Waals surface area contributed by atoms with Crippen molar-refractivity contribution in [3.63, 3.8) is 0 Å². The molecule has 4 N–H and O–H groups in total. The molecule has 0 aromatic heterocycles. The van der Waals surface area contributed by atoms with E-state index in [1.54, 1.807) is 47.1 Å². The normalized spacial score (nSPS) is 14.5. The monoisotopic (exact) mass is 398 g/mol. The average molecular weight is 399 g/mol. The molecule has 2 aromatic carbocycles. The summed E-state index contributed by atoms with van der Waals surface area (Å²) in [5, 5.41) is 0.564. The Morgan fingerprint density at radius 2 is 1.68 bits per heavy atom. The second-order valence-corrected chi connectivity index (χ2v) is 7.12. The summed E-state index contributed by atoms with van der Waals surface area (Å²) in [5.41, 5.74) is 15.2. The maximum absolute atomic E-state index is 12.5. The van der Waals surface area contributed by atoms with Crippen LogP contribution in [0.4, 0.5) is 11.4 Å². The Bertz CT molecular complexity index is 934. The van der Waals surface area contributed by atoms with Crippen LogP contribution in [0.1, 0.15) is 12.5 Å². The Kier molecular flexibility index (Phi) is 5.90. The molecule has 2 aromatic rings. The summed E-state index contributed by atoms with van der Waals surface area (Å²) in [6.07, 6.45) is 3.30. The van der Waals surface area contributed by atoms with E-state index in [1.807, 2.05) is 18.2 Å². The summed E-state index contributed by atoms with van der Waals surface area (Å²) in [5.74, 6) is -0.0556. The molecule has 1 aliphatic rings. The number of carbonyl (C=O) groups is 2. The molecule has 0 atom stereocenters. The van der Waals surface area contributed by atoms with Crippen LogP contribution in [0.15, 0.2) is 42.5 Å². The van der Waals surface area contributed by atoms with Gasteiger partial charge in [0.2, 0.25) is 11.8 Å². The van der Waals surface area contributed by atoms with Gasteiger partial charge in [0.05, 0.1) is 11.4 Å². The SMILES string of the molecule is CC(=O)N1CCN(C(=O)C=Cc2cccc(Cl)c2-c2ccc(N)c(N)c2)CC1. The molecule has 2 amide bonds. The summed E-state index contributed by atoms with van der Waals surface area (Å²) in [6.45, 7) is 3.71. The number of rotatable bonds is 3. The Morgan fingerprint density at radius 3 is 2.32 bits per heavy atom. The molecule has 0 unspecified atom stereocenters. The van der Waals surface area contributed by atoms with Gasteiger partial charge in [-0.25, -0.2) is 0 Å². The molecule has 28 heavy (non-hydrogen) atoms. The van der Waals surface area contributed by atoms with Crippen molar-refractivity contribution in [1.82, 2.24) is 9.80 Å². The summed E-state index contributed by atoms with van der Waals surface area (Å²) in [4.78, 5) is 27.4. The lowest BCUT2D eigenvalue weighted by Gasteiger charge is -2.33. The lowest BCUT2D eigenvalue weighted by Crippen LogP contribution is -2.49. The number of halogens is 1. The second-order valence-electron chi connectivity index (χ2n) is 6.71. The standard InChI is InChI=1S/C21H23ClN4O2/c1-14(27)25-9-11-26(12-10-25)20(28)8-6-15-3-2-4-17(22)21(15)16-5-7-18(23)19(24)13-16/h2-8,13H,9-12,23-24H2,1H3. The number of benzene rings is 2. The first-order valence-corrected chi connectivity index (χ1v) is 9.41. The van der Waals surface area contributed by atoms with Crippen LogP contribution in [-0.2, 0) is 9.59 Å². The number of piperazine rings is 1. The first-order valence-electron chi connectivity index (χ1n) is 9.03. The van der Waals surface area contributed by atoms with E-state index in [-0.39, 0.29) is 11.8 Å². The minimum absolute atomic E-state index is 0.0361. The van der Waals surface area contributed by atoms with Gasteiger partial charge in [-0.3, -0.25) is 9.59 Å². The number of anilines is 2. The smallest absolute Gasteiger partial charge is 0.246 e. The summed E-state index contributed by atoms with van der Waals surface area (Å²) in [7, 11) is 0. The second kappa shape index (κ2) is 8.35. The van der Waals surface area contributed by atoms with Gasteiger partial charge in [-0.15, -0.1) is 0 Å². The zero-order valence-corrected chi connectivity index (χ0v) is 16.4. The van der Waals surface area contributed by atoms with Gasteiger partial charge in [-0.2, -0.15) is 0 Å². The van der Waals surface area contributed by atoms with Crippen molar-refractivity contribution in [1.29, 1.82) is 0 Å². The van der Waals surface area contributed by atoms with Gasteiger partial charge in [0, 0.05) is 49.8 Å². The van der Waals surface area contributed by atoms with E-state index >= 15 is 0 Å². The number of hydrogen-bond acceptors (Lipinski definition) is 4. The number of nitrogen functional groups attached to an aromatic ring is 2. The van der Waals surface area contributed by atoms with Gasteiger partial charge in [-0.1, -0.05) is 29.8 Å². The van der Waals surface area contributed by atoms with Gasteiger partial charge in [0.25, 0.3) is 0 Å². The Labute approximate surface area is 169 Å². The molecule has 0 aliphatic carbocycles. The molecule has 0 bridgehead atoms. The highest BCUT2D eigenvalue weighted by Gasteiger charge is 2.21. The van der Waals surface area contributed by atoms with Crippen molar-refractivity contribution < 1.29 is 9.59 Å². The van der Waals surface area contributed by atoms with E-state index in [0.29, 0.717) is 42.6 Å². The van der Waals surface area contributed by atoms with Crippen LogP contribution < -0.4 is 11.5 Å². The topological polar surface area (TPSA) is 92.7 Å². The van der Waals surface area contributed by atoms with Crippen LogP contribution in [0.2, 0.25) is 5.02 Å². The minimum Gasteiger partial charge on any atom is -0.397 e. The first kappa shape index (κ1) is 19.8. The predicted octanol–water partition coefficient (Wildman–Crippen LogP) is 2.88. The molecule has 3 rings (SSSR count). The third-order valence-electron chi connectivity index (χ3n) is 4.86. The molecule has 146 valence electrons. The van der Waals surface area contributed by atoms with Crippen molar-refractivity contribution >= 4 is 40.9 Å². The Morgan fingerprint density at radius 1 is 1.00 bits per heavy atom. The lowest BCUT2D eigenvalue weighted by molar-refractivity contribution is -0.135. The van der Waals surface area contributed by atoms with E-state index in [0.717, 1.165) is 16.7 Å². The summed E-state index contributed by atoms with van der Waals surface area (Å²) in [6, 6.07) is 10.9. The fourth-order valence-corrected chi connectivity index (χ4v) is 3.51. The number of amides is 2. The van der Waals surface area contributed by atoms with E-state index in [1.165, 1.54) is 0 Å². The van der Waals surface area contributed by atoms with Crippen molar-refractivity contribution in [3.8, 4) is 11.1 Å². The van der Waals surface area contributed by atoms with Crippen LogP contribution in [0.5, 0.6) is 0 Å². The molecule has 1 aliphatic heterocycles. The summed E-state index contributed by atoms with van der Waals surface area (Å²) < 4.78 is 0. The number of hydrogen-bond donors (Lipinski definition) is 2. The molecule has 1 heterocycles. The van der Waals surface area contributed by atoms with E-state index < -0.39 is 0 Å². The average Bonchev–Trinajstić information content (AvgIpc) is 2.68. The maximum atomic E-state index is 12.5. The third-order valence-corrected chi connectivity index (χ3v) is 5.18. The molecule has 0 spiro atoms. The minimum atomic E-state index is -0.0917. The van der Waals surface area contributed by atoms with Crippen molar-refractivity contribution in [3.05, 3.63) is 53.1 Å². The maximum Gasteiger partial charge on any atom is 0.246 e. The van der Waals surface area contributed by atoms with Crippen LogP contribution >= 0.6 is 11.6 Å². The molecular weight excluding hydrogens is 376 g/mol. The quantitative estimate of drug-likeness (QED) is 0.614. The van der Waals surface area contributed by atoms with Crippen LogP contribution in [0, 0.1) is 0 Å². The third kappa shape index (κ3) is 4.28. The molecular formula is C21H23ClN4O2. The highest BCUT2D eigenvalue weighted by Crippen LogP contribution is 2.34. The lowest BCUT2D eigenvalue weighted by atomic mass is 9.98. The van der Waals surface area contributed by atoms with Crippen molar-refractivity contribution in [2.45, 2.75) is 6.92 Å². The van der Waals surface area contributed by atoms with E-state index in [4.69, 9.17) is 23.1 Å². The highest BCUT2D eigenvalue weighted by molar-refractivity contribution is 6.33. The molecule has 7 heteroatoms. The molecule has 1 fully saturated rings. The Hall–Kier alpha value is -2.99. The zero-order valence-electron chi connectivity index (χ0n) is 15.7. The largest absolute Gasteiger partial charge is 0.397 e.